The molecular weight excluding hydrogens is 442 g/mol. The zero-order chi connectivity index (χ0) is 23.6. The molecule has 0 radical (unpaired) electrons. The molecule has 2 atom stereocenters. The number of benzene rings is 1. The molecule has 0 saturated carbocycles. The van der Waals surface area contributed by atoms with Crippen LogP contribution in [0.4, 0.5) is 17.6 Å². The molecule has 7 nitrogen and oxygen atoms in total. The van der Waals surface area contributed by atoms with Gasteiger partial charge in [0.1, 0.15) is 11.9 Å². The van der Waals surface area contributed by atoms with E-state index in [0.29, 0.717) is 31.8 Å². The highest BCUT2D eigenvalue weighted by molar-refractivity contribution is 6.00. The molecule has 1 amide bonds. The molecule has 1 aromatic carbocycles. The van der Waals surface area contributed by atoms with Crippen LogP contribution in [0, 0.1) is 5.82 Å². The number of likely N-dealkylation sites (tertiary alicyclic amines) is 1. The Bertz CT molecular complexity index is 1130. The molecule has 3 aromatic rings. The molecule has 1 aliphatic rings. The van der Waals surface area contributed by atoms with Gasteiger partial charge in [-0.1, -0.05) is 6.07 Å². The predicted octanol–water partition coefficient (Wildman–Crippen LogP) is 4.16. The van der Waals surface area contributed by atoms with Crippen LogP contribution in [-0.2, 0) is 6.18 Å². The largest absolute Gasteiger partial charge is 0.458 e. The van der Waals surface area contributed by atoms with Crippen molar-refractivity contribution in [3.8, 4) is 17.4 Å². The number of amides is 1. The Morgan fingerprint density at radius 3 is 2.45 bits per heavy atom. The molecule has 4 rings (SSSR count). The second-order valence-electron chi connectivity index (χ2n) is 7.52. The van der Waals surface area contributed by atoms with Gasteiger partial charge in [-0.05, 0) is 38.0 Å². The minimum Gasteiger partial charge on any atom is -0.458 e. The Morgan fingerprint density at radius 2 is 1.79 bits per heavy atom. The van der Waals surface area contributed by atoms with Gasteiger partial charge in [-0.25, -0.2) is 24.3 Å². The van der Waals surface area contributed by atoms with E-state index in [2.05, 4.69) is 19.9 Å². The van der Waals surface area contributed by atoms with Crippen molar-refractivity contribution in [2.75, 3.05) is 6.54 Å². The fourth-order valence-corrected chi connectivity index (χ4v) is 3.72. The molecule has 3 heterocycles. The predicted molar refractivity (Wildman–Crippen MR) is 109 cm³/mol. The third kappa shape index (κ3) is 4.76. The molecule has 1 saturated heterocycles. The second-order valence-corrected chi connectivity index (χ2v) is 7.52. The van der Waals surface area contributed by atoms with Crippen LogP contribution < -0.4 is 4.74 Å². The minimum atomic E-state index is -4.55. The third-order valence-corrected chi connectivity index (χ3v) is 5.42. The number of alkyl halides is 3. The van der Waals surface area contributed by atoms with Gasteiger partial charge in [0.25, 0.3) is 5.91 Å². The standard InChI is InChI=1S/C22H19F4N5O2/c1-13-17(33-21-29-11-14(12-30-21)22(24,25)26)7-3-10-31(13)20(32)15-5-2-6-16(23)18(15)19-27-8-4-9-28-19/h2,4-6,8-9,11-13,17H,3,7,10H2,1H3/t13-,17+/m0/s1. The number of piperidine rings is 1. The molecule has 2 aromatic heterocycles. The van der Waals surface area contributed by atoms with Crippen molar-refractivity contribution in [1.82, 2.24) is 24.8 Å². The van der Waals surface area contributed by atoms with Crippen LogP contribution >= 0.6 is 0 Å². The van der Waals surface area contributed by atoms with Crippen molar-refractivity contribution in [3.63, 3.8) is 0 Å². The number of rotatable bonds is 4. The molecule has 0 aliphatic carbocycles. The van der Waals surface area contributed by atoms with Gasteiger partial charge in [0.05, 0.1) is 22.7 Å². The van der Waals surface area contributed by atoms with E-state index in [4.69, 9.17) is 4.74 Å². The van der Waals surface area contributed by atoms with Crippen molar-refractivity contribution in [3.05, 3.63) is 66.0 Å². The highest BCUT2D eigenvalue weighted by Gasteiger charge is 2.36. The van der Waals surface area contributed by atoms with Crippen LogP contribution in [0.2, 0.25) is 0 Å². The minimum absolute atomic E-state index is 0.00409. The lowest BCUT2D eigenvalue weighted by atomic mass is 9.97. The van der Waals surface area contributed by atoms with E-state index >= 15 is 0 Å². The van der Waals surface area contributed by atoms with Gasteiger partial charge in [-0.2, -0.15) is 13.2 Å². The summed E-state index contributed by atoms with van der Waals surface area (Å²) in [5, 5.41) is 0. The van der Waals surface area contributed by atoms with Gasteiger partial charge in [0, 0.05) is 31.3 Å². The number of aromatic nitrogens is 4. The number of carbonyl (C=O) groups excluding carboxylic acids is 1. The summed E-state index contributed by atoms with van der Waals surface area (Å²) in [4.78, 5) is 30.4. The Morgan fingerprint density at radius 1 is 1.09 bits per heavy atom. The number of halogens is 4. The number of hydrogen-bond donors (Lipinski definition) is 0. The fraction of sp³-hybridized carbons (Fsp3) is 0.318. The average molecular weight is 461 g/mol. The van der Waals surface area contributed by atoms with Gasteiger partial charge < -0.3 is 9.64 Å². The molecule has 0 unspecified atom stereocenters. The third-order valence-electron chi connectivity index (χ3n) is 5.42. The van der Waals surface area contributed by atoms with Gasteiger partial charge in [-0.15, -0.1) is 0 Å². The Balaban J connectivity index is 1.56. The van der Waals surface area contributed by atoms with Crippen molar-refractivity contribution in [2.24, 2.45) is 0 Å². The van der Waals surface area contributed by atoms with E-state index in [1.54, 1.807) is 17.9 Å². The summed E-state index contributed by atoms with van der Waals surface area (Å²) in [6, 6.07) is 5.09. The molecule has 1 fully saturated rings. The quantitative estimate of drug-likeness (QED) is 0.543. The maximum absolute atomic E-state index is 14.7. The molecule has 0 bridgehead atoms. The first-order valence-electron chi connectivity index (χ1n) is 10.2. The maximum atomic E-state index is 14.7. The molecule has 11 heteroatoms. The van der Waals surface area contributed by atoms with Gasteiger partial charge in [0.2, 0.25) is 0 Å². The van der Waals surface area contributed by atoms with Crippen LogP contribution in [0.5, 0.6) is 6.01 Å². The summed E-state index contributed by atoms with van der Waals surface area (Å²) in [6.07, 6.45) is 0.242. The molecule has 172 valence electrons. The number of nitrogens with zero attached hydrogens (tertiary/aromatic N) is 5. The van der Waals surface area contributed by atoms with Crippen LogP contribution in [0.3, 0.4) is 0 Å². The summed E-state index contributed by atoms with van der Waals surface area (Å²) in [7, 11) is 0. The number of ether oxygens (including phenoxy) is 1. The smallest absolute Gasteiger partial charge is 0.419 e. The lowest BCUT2D eigenvalue weighted by Crippen LogP contribution is -2.51. The normalized spacial score (nSPS) is 18.8. The first-order valence-corrected chi connectivity index (χ1v) is 10.2. The van der Waals surface area contributed by atoms with Crippen LogP contribution in [-0.4, -0.2) is 49.4 Å². The van der Waals surface area contributed by atoms with Crippen molar-refractivity contribution < 1.29 is 27.1 Å². The summed E-state index contributed by atoms with van der Waals surface area (Å²) in [6.45, 7) is 2.16. The molecule has 0 spiro atoms. The first kappa shape index (κ1) is 22.6. The van der Waals surface area contributed by atoms with E-state index in [1.165, 1.54) is 30.6 Å². The highest BCUT2D eigenvalue weighted by Crippen LogP contribution is 2.30. The zero-order valence-electron chi connectivity index (χ0n) is 17.5. The Labute approximate surface area is 186 Å². The second kappa shape index (κ2) is 9.08. The van der Waals surface area contributed by atoms with E-state index < -0.39 is 35.6 Å². The molecule has 33 heavy (non-hydrogen) atoms. The SMILES string of the molecule is C[C@H]1[C@H](Oc2ncc(C(F)(F)F)cn2)CCCN1C(=O)c1cccc(F)c1-c1ncccn1. The molecule has 1 aliphatic heterocycles. The Hall–Kier alpha value is -3.63. The lowest BCUT2D eigenvalue weighted by molar-refractivity contribution is -0.138. The van der Waals surface area contributed by atoms with Gasteiger partial charge in [0.15, 0.2) is 5.82 Å². The van der Waals surface area contributed by atoms with Crippen LogP contribution in [0.1, 0.15) is 35.7 Å². The van der Waals surface area contributed by atoms with Crippen molar-refractivity contribution >= 4 is 5.91 Å². The molecule has 0 N–H and O–H groups in total. The summed E-state index contributed by atoms with van der Waals surface area (Å²) in [5.74, 6) is -0.955. The first-order chi connectivity index (χ1) is 15.8. The van der Waals surface area contributed by atoms with Crippen LogP contribution in [0.15, 0.2) is 49.1 Å². The topological polar surface area (TPSA) is 81.1 Å². The Kier molecular flexibility index (Phi) is 6.21. The van der Waals surface area contributed by atoms with Gasteiger partial charge >= 0.3 is 12.2 Å². The highest BCUT2D eigenvalue weighted by atomic mass is 19.4. The maximum Gasteiger partial charge on any atom is 0.419 e. The van der Waals surface area contributed by atoms with E-state index in [1.807, 2.05) is 0 Å². The zero-order valence-corrected chi connectivity index (χ0v) is 17.5. The van der Waals surface area contributed by atoms with E-state index in [0.717, 1.165) is 0 Å². The van der Waals surface area contributed by atoms with Crippen molar-refractivity contribution in [2.45, 2.75) is 38.1 Å². The number of hydrogen-bond acceptors (Lipinski definition) is 6. The lowest BCUT2D eigenvalue weighted by Gasteiger charge is -2.39. The monoisotopic (exact) mass is 461 g/mol. The summed E-state index contributed by atoms with van der Waals surface area (Å²) < 4.78 is 58.6. The van der Waals surface area contributed by atoms with Gasteiger partial charge in [-0.3, -0.25) is 4.79 Å². The number of carbonyl (C=O) groups is 1. The summed E-state index contributed by atoms with van der Waals surface area (Å²) in [5.41, 5.74) is -0.867. The average Bonchev–Trinajstić information content (AvgIpc) is 2.80. The van der Waals surface area contributed by atoms with Crippen LogP contribution in [0.25, 0.3) is 11.4 Å². The molecular formula is C22H19F4N5O2. The van der Waals surface area contributed by atoms with E-state index in [9.17, 15) is 22.4 Å². The van der Waals surface area contributed by atoms with E-state index in [-0.39, 0.29) is 23.0 Å². The fourth-order valence-electron chi connectivity index (χ4n) is 3.72. The van der Waals surface area contributed by atoms with Crippen molar-refractivity contribution in [1.29, 1.82) is 0 Å². The summed E-state index contributed by atoms with van der Waals surface area (Å²) >= 11 is 0.